The topological polar surface area (TPSA) is 62.8 Å². The van der Waals surface area contributed by atoms with Gasteiger partial charge in [-0.25, -0.2) is 4.79 Å². The number of carbonyl (C=O) groups excluding carboxylic acids is 1. The van der Waals surface area contributed by atoms with E-state index >= 15 is 0 Å². The molecule has 1 unspecified atom stereocenters. The van der Waals surface area contributed by atoms with Crippen LogP contribution < -0.4 is 20.1 Å². The molecule has 1 saturated heterocycles. The maximum Gasteiger partial charge on any atom is 0.319 e. The number of rotatable bonds is 5. The molecule has 2 aliphatic rings. The quantitative estimate of drug-likeness (QED) is 0.811. The van der Waals surface area contributed by atoms with Gasteiger partial charge < -0.3 is 20.1 Å². The van der Waals surface area contributed by atoms with Gasteiger partial charge in [-0.1, -0.05) is 30.3 Å². The number of methoxy groups -OCH3 is 1. The van der Waals surface area contributed by atoms with Gasteiger partial charge in [0.2, 0.25) is 0 Å². The molecule has 0 aromatic heterocycles. The number of carbonyl (C=O) groups is 1. The van der Waals surface area contributed by atoms with Crippen LogP contribution >= 0.6 is 0 Å². The van der Waals surface area contributed by atoms with Crippen LogP contribution in [0.25, 0.3) is 0 Å². The first-order valence-electron chi connectivity index (χ1n) is 10.4. The average molecular weight is 396 g/mol. The Morgan fingerprint density at radius 3 is 2.66 bits per heavy atom. The van der Waals surface area contributed by atoms with Crippen molar-refractivity contribution >= 4 is 11.7 Å². The predicted octanol–water partition coefficient (Wildman–Crippen LogP) is 3.67. The Balaban J connectivity index is 1.23. The molecule has 29 heavy (non-hydrogen) atoms. The number of piperidine rings is 1. The number of anilines is 1. The van der Waals surface area contributed by atoms with Gasteiger partial charge in [-0.3, -0.25) is 4.90 Å². The molecule has 0 bridgehead atoms. The number of aryl methyl sites for hydroxylation is 1. The van der Waals surface area contributed by atoms with Gasteiger partial charge in [0.1, 0.15) is 6.10 Å². The van der Waals surface area contributed by atoms with Crippen molar-refractivity contribution in [1.82, 2.24) is 10.2 Å². The lowest BCUT2D eigenvalue weighted by Crippen LogP contribution is -2.48. The number of nitrogens with one attached hydrogen (secondary N) is 2. The summed E-state index contributed by atoms with van der Waals surface area (Å²) in [6.45, 7) is 2.85. The molecule has 2 aromatic rings. The molecular formula is C23H29N3O3. The zero-order chi connectivity index (χ0) is 20.1. The molecule has 2 heterocycles. The summed E-state index contributed by atoms with van der Waals surface area (Å²) in [5.41, 5.74) is 2.04. The summed E-state index contributed by atoms with van der Waals surface area (Å²) in [4.78, 5) is 14.6. The van der Waals surface area contributed by atoms with Crippen molar-refractivity contribution in [2.24, 2.45) is 0 Å². The minimum absolute atomic E-state index is 0.131. The maximum absolute atomic E-state index is 12.2. The third-order valence-corrected chi connectivity index (χ3v) is 5.72. The van der Waals surface area contributed by atoms with Crippen LogP contribution in [-0.4, -0.2) is 49.8 Å². The van der Waals surface area contributed by atoms with Gasteiger partial charge in [0.05, 0.1) is 7.11 Å². The third kappa shape index (κ3) is 5.01. The smallest absolute Gasteiger partial charge is 0.319 e. The van der Waals surface area contributed by atoms with E-state index < -0.39 is 0 Å². The second-order valence-corrected chi connectivity index (χ2v) is 7.77. The first kappa shape index (κ1) is 19.6. The number of urea groups is 1. The second kappa shape index (κ2) is 9.18. The molecule has 0 aliphatic carbocycles. The van der Waals surface area contributed by atoms with E-state index in [9.17, 15) is 4.79 Å². The summed E-state index contributed by atoms with van der Waals surface area (Å²) < 4.78 is 11.7. The first-order valence-corrected chi connectivity index (χ1v) is 10.4. The summed E-state index contributed by atoms with van der Waals surface area (Å²) in [5.74, 6) is 1.72. The number of hydrogen-bond acceptors (Lipinski definition) is 4. The predicted molar refractivity (Wildman–Crippen MR) is 114 cm³/mol. The summed E-state index contributed by atoms with van der Waals surface area (Å²) in [5, 5.41) is 5.99. The Kier molecular flexibility index (Phi) is 6.20. The number of amides is 2. The number of hydrogen-bond donors (Lipinski definition) is 2. The average Bonchev–Trinajstić information content (AvgIpc) is 2.75. The Hall–Kier alpha value is -2.73. The summed E-state index contributed by atoms with van der Waals surface area (Å²) >= 11 is 0. The highest BCUT2D eigenvalue weighted by Gasteiger charge is 2.27. The van der Waals surface area contributed by atoms with E-state index in [0.29, 0.717) is 0 Å². The minimum Gasteiger partial charge on any atom is -0.493 e. The Morgan fingerprint density at radius 2 is 1.90 bits per heavy atom. The van der Waals surface area contributed by atoms with Crippen molar-refractivity contribution in [1.29, 1.82) is 0 Å². The Bertz CT molecular complexity index is 805. The van der Waals surface area contributed by atoms with Gasteiger partial charge in [0, 0.05) is 31.4 Å². The SMILES string of the molecule is COc1cccc2c1OC(CN1CCC(NC(=O)Nc3ccccc3)CC1)CC2. The lowest BCUT2D eigenvalue weighted by molar-refractivity contribution is 0.0942. The first-order chi connectivity index (χ1) is 14.2. The van der Waals surface area contributed by atoms with E-state index in [4.69, 9.17) is 9.47 Å². The Morgan fingerprint density at radius 1 is 1.10 bits per heavy atom. The largest absolute Gasteiger partial charge is 0.493 e. The minimum atomic E-state index is -0.131. The van der Waals surface area contributed by atoms with Crippen LogP contribution in [0.5, 0.6) is 11.5 Å². The molecule has 2 N–H and O–H groups in total. The summed E-state index contributed by atoms with van der Waals surface area (Å²) in [6, 6.07) is 15.7. The number of fused-ring (bicyclic) bond motifs is 1. The maximum atomic E-state index is 12.2. The molecule has 6 nitrogen and oxygen atoms in total. The standard InChI is InChI=1S/C23H29N3O3/c1-28-21-9-5-6-17-10-11-20(29-22(17)21)16-26-14-12-19(13-15-26)25-23(27)24-18-7-3-2-4-8-18/h2-9,19-20H,10-16H2,1H3,(H2,24,25,27). The van der Waals surface area contributed by atoms with Crippen molar-refractivity contribution in [3.8, 4) is 11.5 Å². The van der Waals surface area contributed by atoms with Crippen LogP contribution in [0.1, 0.15) is 24.8 Å². The fourth-order valence-electron chi connectivity index (χ4n) is 4.15. The van der Waals surface area contributed by atoms with Gasteiger partial charge in [-0.15, -0.1) is 0 Å². The van der Waals surface area contributed by atoms with E-state index in [-0.39, 0.29) is 18.2 Å². The van der Waals surface area contributed by atoms with Gasteiger partial charge in [0.15, 0.2) is 11.5 Å². The lowest BCUT2D eigenvalue weighted by Gasteiger charge is -2.36. The lowest BCUT2D eigenvalue weighted by atomic mass is 10.00. The monoisotopic (exact) mass is 395 g/mol. The summed E-state index contributed by atoms with van der Waals surface area (Å²) in [7, 11) is 1.69. The molecule has 4 rings (SSSR count). The van der Waals surface area contributed by atoms with Gasteiger partial charge in [-0.2, -0.15) is 0 Å². The van der Waals surface area contributed by atoms with Crippen LogP contribution in [0, 0.1) is 0 Å². The molecule has 1 fully saturated rings. The van der Waals surface area contributed by atoms with E-state index in [1.807, 2.05) is 42.5 Å². The van der Waals surface area contributed by atoms with Crippen LogP contribution in [0.4, 0.5) is 10.5 Å². The fourth-order valence-corrected chi connectivity index (χ4v) is 4.15. The van der Waals surface area contributed by atoms with E-state index in [2.05, 4.69) is 21.6 Å². The second-order valence-electron chi connectivity index (χ2n) is 7.77. The highest BCUT2D eigenvalue weighted by Crippen LogP contribution is 2.36. The molecule has 2 aromatic carbocycles. The van der Waals surface area contributed by atoms with Crippen molar-refractivity contribution in [3.05, 3.63) is 54.1 Å². The number of benzene rings is 2. The Labute approximate surface area is 172 Å². The van der Waals surface area contributed by atoms with Crippen molar-refractivity contribution in [2.75, 3.05) is 32.1 Å². The molecule has 0 radical (unpaired) electrons. The summed E-state index contributed by atoms with van der Waals surface area (Å²) in [6.07, 6.45) is 4.14. The molecule has 2 amide bonds. The van der Waals surface area contributed by atoms with Gasteiger partial charge >= 0.3 is 6.03 Å². The number of nitrogens with zero attached hydrogens (tertiary/aromatic N) is 1. The third-order valence-electron chi connectivity index (χ3n) is 5.72. The normalized spacial score (nSPS) is 19.7. The van der Waals surface area contributed by atoms with Gasteiger partial charge in [0.25, 0.3) is 0 Å². The molecule has 1 atom stereocenters. The molecular weight excluding hydrogens is 366 g/mol. The number of ether oxygens (including phenoxy) is 2. The van der Waals surface area contributed by atoms with Crippen LogP contribution in [0.15, 0.2) is 48.5 Å². The highest BCUT2D eigenvalue weighted by molar-refractivity contribution is 5.89. The molecule has 154 valence electrons. The zero-order valence-electron chi connectivity index (χ0n) is 16.9. The van der Waals surface area contributed by atoms with E-state index in [1.54, 1.807) is 7.11 Å². The zero-order valence-corrected chi connectivity index (χ0v) is 16.9. The van der Waals surface area contributed by atoms with Crippen molar-refractivity contribution in [2.45, 2.75) is 37.8 Å². The molecule has 2 aliphatic heterocycles. The molecule has 0 spiro atoms. The van der Waals surface area contributed by atoms with Gasteiger partial charge in [-0.05, 0) is 49.4 Å². The molecule has 0 saturated carbocycles. The fraction of sp³-hybridized carbons (Fsp3) is 0.435. The van der Waals surface area contributed by atoms with Crippen LogP contribution in [0.3, 0.4) is 0 Å². The van der Waals surface area contributed by atoms with Crippen LogP contribution in [0.2, 0.25) is 0 Å². The van der Waals surface area contributed by atoms with E-state index in [1.165, 1.54) is 5.56 Å². The number of likely N-dealkylation sites (tertiary alicyclic amines) is 1. The highest BCUT2D eigenvalue weighted by atomic mass is 16.5. The van der Waals surface area contributed by atoms with Crippen LogP contribution in [-0.2, 0) is 6.42 Å². The van der Waals surface area contributed by atoms with E-state index in [0.717, 1.165) is 62.5 Å². The number of para-hydroxylation sites is 2. The molecule has 6 heteroatoms. The van der Waals surface area contributed by atoms with Crippen molar-refractivity contribution in [3.63, 3.8) is 0 Å². The van der Waals surface area contributed by atoms with Crippen molar-refractivity contribution < 1.29 is 14.3 Å².